The summed E-state index contributed by atoms with van der Waals surface area (Å²) in [5.41, 5.74) is 2.54. The van der Waals surface area contributed by atoms with Crippen molar-refractivity contribution in [2.45, 2.75) is 13.8 Å². The van der Waals surface area contributed by atoms with Crippen molar-refractivity contribution in [3.63, 3.8) is 0 Å². The van der Waals surface area contributed by atoms with Gasteiger partial charge in [0.05, 0.1) is 32.1 Å². The van der Waals surface area contributed by atoms with Gasteiger partial charge in [-0.15, -0.1) is 11.3 Å². The molecule has 0 bridgehead atoms. The standard InChI is InChI=1S/C19H14N4O4S/c1-10-5-6-12(8-15(10)23(25)26)20-18(24)13-9-14(16-4-3-7-28-16)21-19-17(13)11(2)22-27-19/h3-9H,1-2H3,(H,20,24). The van der Waals surface area contributed by atoms with E-state index in [1.54, 1.807) is 32.0 Å². The minimum Gasteiger partial charge on any atom is -0.335 e. The van der Waals surface area contributed by atoms with Gasteiger partial charge in [0.1, 0.15) is 0 Å². The molecule has 0 saturated heterocycles. The fourth-order valence-electron chi connectivity index (χ4n) is 2.91. The molecule has 0 unspecified atom stereocenters. The summed E-state index contributed by atoms with van der Waals surface area (Å²) in [6.07, 6.45) is 0. The van der Waals surface area contributed by atoms with Crippen molar-refractivity contribution in [2.24, 2.45) is 0 Å². The van der Waals surface area contributed by atoms with Crippen LogP contribution in [-0.4, -0.2) is 21.0 Å². The number of carbonyl (C=O) groups excluding carboxylic acids is 1. The van der Waals surface area contributed by atoms with E-state index < -0.39 is 10.8 Å². The molecule has 4 rings (SSSR count). The normalized spacial score (nSPS) is 10.9. The molecule has 0 radical (unpaired) electrons. The summed E-state index contributed by atoms with van der Waals surface area (Å²) in [7, 11) is 0. The van der Waals surface area contributed by atoms with Gasteiger partial charge in [-0.1, -0.05) is 17.3 Å². The molecule has 0 aliphatic carbocycles. The Hall–Kier alpha value is -3.59. The van der Waals surface area contributed by atoms with Crippen molar-refractivity contribution in [3.05, 3.63) is 68.7 Å². The van der Waals surface area contributed by atoms with Crippen molar-refractivity contribution < 1.29 is 14.2 Å². The van der Waals surface area contributed by atoms with Crippen molar-refractivity contribution in [1.29, 1.82) is 0 Å². The molecule has 8 nitrogen and oxygen atoms in total. The molecule has 0 fully saturated rings. The van der Waals surface area contributed by atoms with Crippen LogP contribution >= 0.6 is 11.3 Å². The summed E-state index contributed by atoms with van der Waals surface area (Å²) >= 11 is 1.49. The fraction of sp³-hybridized carbons (Fsp3) is 0.105. The minimum absolute atomic E-state index is 0.0573. The van der Waals surface area contributed by atoms with E-state index in [0.717, 1.165) is 4.88 Å². The zero-order valence-electron chi connectivity index (χ0n) is 14.9. The fourth-order valence-corrected chi connectivity index (χ4v) is 3.59. The van der Waals surface area contributed by atoms with Crippen LogP contribution in [-0.2, 0) is 0 Å². The van der Waals surface area contributed by atoms with Crippen LogP contribution in [0.25, 0.3) is 21.7 Å². The van der Waals surface area contributed by atoms with Gasteiger partial charge in [-0.3, -0.25) is 14.9 Å². The first-order valence-electron chi connectivity index (χ1n) is 8.31. The zero-order valence-corrected chi connectivity index (χ0v) is 15.7. The number of hydrogen-bond acceptors (Lipinski definition) is 7. The Balaban J connectivity index is 1.78. The van der Waals surface area contributed by atoms with E-state index in [1.807, 2.05) is 17.5 Å². The number of anilines is 1. The molecule has 0 atom stereocenters. The van der Waals surface area contributed by atoms with Gasteiger partial charge in [0, 0.05) is 17.3 Å². The Labute approximate surface area is 163 Å². The lowest BCUT2D eigenvalue weighted by atomic mass is 10.1. The SMILES string of the molecule is Cc1ccc(NC(=O)c2cc(-c3cccs3)nc3onc(C)c23)cc1[N+](=O)[O-]. The van der Waals surface area contributed by atoms with Gasteiger partial charge >= 0.3 is 0 Å². The Kier molecular flexibility index (Phi) is 4.36. The first-order valence-corrected chi connectivity index (χ1v) is 9.19. The number of hydrogen-bond donors (Lipinski definition) is 1. The molecule has 0 aliphatic heterocycles. The van der Waals surface area contributed by atoms with Crippen LogP contribution in [0.5, 0.6) is 0 Å². The molecule has 0 saturated carbocycles. The number of nitro benzene ring substituents is 1. The van der Waals surface area contributed by atoms with Crippen molar-refractivity contribution >= 4 is 39.7 Å². The second kappa shape index (κ2) is 6.86. The summed E-state index contributed by atoms with van der Waals surface area (Å²) in [5.74, 6) is -0.422. The van der Waals surface area contributed by atoms with Crippen molar-refractivity contribution in [2.75, 3.05) is 5.32 Å². The number of benzene rings is 1. The van der Waals surface area contributed by atoms with E-state index in [1.165, 1.54) is 17.4 Å². The van der Waals surface area contributed by atoms with Gasteiger partial charge in [-0.25, -0.2) is 4.98 Å². The number of nitro groups is 1. The second-order valence-corrected chi connectivity index (χ2v) is 7.14. The maximum absolute atomic E-state index is 13.0. The molecule has 1 aromatic carbocycles. The van der Waals surface area contributed by atoms with Gasteiger partial charge in [0.2, 0.25) is 0 Å². The highest BCUT2D eigenvalue weighted by Gasteiger charge is 2.20. The molecule has 0 aliphatic rings. The van der Waals surface area contributed by atoms with Crippen molar-refractivity contribution in [3.8, 4) is 10.6 Å². The first kappa shape index (κ1) is 17.8. The smallest absolute Gasteiger partial charge is 0.274 e. The highest BCUT2D eigenvalue weighted by atomic mass is 32.1. The summed E-state index contributed by atoms with van der Waals surface area (Å²) in [4.78, 5) is 29.0. The summed E-state index contributed by atoms with van der Waals surface area (Å²) in [6.45, 7) is 3.37. The monoisotopic (exact) mass is 394 g/mol. The zero-order chi connectivity index (χ0) is 19.8. The van der Waals surface area contributed by atoms with E-state index in [-0.39, 0.29) is 11.4 Å². The third kappa shape index (κ3) is 3.12. The van der Waals surface area contributed by atoms with Crippen LogP contribution in [0.3, 0.4) is 0 Å². The molecule has 0 spiro atoms. The first-order chi connectivity index (χ1) is 13.4. The number of thiophene rings is 1. The Morgan fingerprint density at radius 2 is 2.07 bits per heavy atom. The summed E-state index contributed by atoms with van der Waals surface area (Å²) in [5, 5.41) is 20.2. The van der Waals surface area contributed by atoms with E-state index in [4.69, 9.17) is 4.52 Å². The largest absolute Gasteiger partial charge is 0.335 e. The van der Waals surface area contributed by atoms with Gasteiger partial charge < -0.3 is 9.84 Å². The molecular formula is C19H14N4O4S. The summed E-state index contributed by atoms with van der Waals surface area (Å²) in [6, 6.07) is 10.0. The van der Waals surface area contributed by atoms with E-state index in [2.05, 4.69) is 15.5 Å². The van der Waals surface area contributed by atoms with Crippen LogP contribution in [0.4, 0.5) is 11.4 Å². The Morgan fingerprint density at radius 3 is 2.79 bits per heavy atom. The number of amides is 1. The number of aryl methyl sites for hydroxylation is 2. The number of rotatable bonds is 4. The van der Waals surface area contributed by atoms with Crippen LogP contribution < -0.4 is 5.32 Å². The van der Waals surface area contributed by atoms with Crippen LogP contribution in [0, 0.1) is 24.0 Å². The van der Waals surface area contributed by atoms with Gasteiger partial charge in [0.15, 0.2) is 0 Å². The highest BCUT2D eigenvalue weighted by molar-refractivity contribution is 7.13. The maximum Gasteiger partial charge on any atom is 0.274 e. The Bertz CT molecular complexity index is 1210. The maximum atomic E-state index is 13.0. The number of nitrogens with one attached hydrogen (secondary N) is 1. The molecule has 28 heavy (non-hydrogen) atoms. The van der Waals surface area contributed by atoms with E-state index in [9.17, 15) is 14.9 Å². The number of carbonyl (C=O) groups is 1. The average Bonchev–Trinajstić information content (AvgIpc) is 3.33. The van der Waals surface area contributed by atoms with Crippen LogP contribution in [0.2, 0.25) is 0 Å². The van der Waals surface area contributed by atoms with E-state index in [0.29, 0.717) is 33.6 Å². The predicted octanol–water partition coefficient (Wildman–Crippen LogP) is 4.73. The molecule has 1 N–H and O–H groups in total. The number of pyridine rings is 1. The topological polar surface area (TPSA) is 111 Å². The highest BCUT2D eigenvalue weighted by Crippen LogP contribution is 2.30. The lowest BCUT2D eigenvalue weighted by molar-refractivity contribution is -0.385. The molecule has 9 heteroatoms. The van der Waals surface area contributed by atoms with Gasteiger partial charge in [-0.05, 0) is 37.4 Å². The minimum atomic E-state index is -0.478. The predicted molar refractivity (Wildman–Crippen MR) is 106 cm³/mol. The van der Waals surface area contributed by atoms with E-state index >= 15 is 0 Å². The number of aromatic nitrogens is 2. The van der Waals surface area contributed by atoms with Crippen LogP contribution in [0.15, 0.2) is 46.3 Å². The lowest BCUT2D eigenvalue weighted by Gasteiger charge is -2.08. The van der Waals surface area contributed by atoms with Crippen LogP contribution in [0.1, 0.15) is 21.6 Å². The third-order valence-electron chi connectivity index (χ3n) is 4.30. The molecule has 140 valence electrons. The third-order valence-corrected chi connectivity index (χ3v) is 5.19. The second-order valence-electron chi connectivity index (χ2n) is 6.19. The molecular weight excluding hydrogens is 380 g/mol. The van der Waals surface area contributed by atoms with Gasteiger partial charge in [0.25, 0.3) is 17.3 Å². The quantitative estimate of drug-likeness (QED) is 0.396. The molecule has 1 amide bonds. The molecule has 4 aromatic rings. The molecule has 3 heterocycles. The number of fused-ring (bicyclic) bond motifs is 1. The van der Waals surface area contributed by atoms with Gasteiger partial charge in [-0.2, -0.15) is 0 Å². The average molecular weight is 394 g/mol. The summed E-state index contributed by atoms with van der Waals surface area (Å²) < 4.78 is 5.27. The van der Waals surface area contributed by atoms with Crippen molar-refractivity contribution in [1.82, 2.24) is 10.1 Å². The lowest BCUT2D eigenvalue weighted by Crippen LogP contribution is -2.13. The number of nitrogens with zero attached hydrogens (tertiary/aromatic N) is 3. The molecule has 3 aromatic heterocycles. The Morgan fingerprint density at radius 1 is 1.25 bits per heavy atom.